The number of carbonyl (C=O) groups is 1. The van der Waals surface area contributed by atoms with Crippen LogP contribution in [0.3, 0.4) is 0 Å². The number of nitrogens with zero attached hydrogens (tertiary/aromatic N) is 7. The summed E-state index contributed by atoms with van der Waals surface area (Å²) in [6, 6.07) is 1.73. The van der Waals surface area contributed by atoms with Crippen LogP contribution >= 0.6 is 15.9 Å². The Morgan fingerprint density at radius 2 is 1.93 bits per heavy atom. The van der Waals surface area contributed by atoms with Gasteiger partial charge in [-0.3, -0.25) is 9.48 Å². The van der Waals surface area contributed by atoms with Crippen LogP contribution in [0.15, 0.2) is 34.0 Å². The molecule has 0 bridgehead atoms. The van der Waals surface area contributed by atoms with E-state index in [0.29, 0.717) is 15.8 Å². The molecular weight excluding hydrogens is 450 g/mol. The van der Waals surface area contributed by atoms with E-state index in [2.05, 4.69) is 31.1 Å². The van der Waals surface area contributed by atoms with Crippen LogP contribution < -0.4 is 0 Å². The summed E-state index contributed by atoms with van der Waals surface area (Å²) in [7, 11) is -1.94. The molecular formula is C16H18BrN7O3S. The van der Waals surface area contributed by atoms with Crippen molar-refractivity contribution in [3.63, 3.8) is 0 Å². The Kier molecular flexibility index (Phi) is 4.71. The van der Waals surface area contributed by atoms with Crippen molar-refractivity contribution in [3.8, 4) is 0 Å². The molecule has 0 N–H and O–H groups in total. The van der Waals surface area contributed by atoms with Crippen LogP contribution in [-0.4, -0.2) is 74.1 Å². The molecule has 0 saturated carbocycles. The highest BCUT2D eigenvalue weighted by molar-refractivity contribution is 9.10. The van der Waals surface area contributed by atoms with E-state index in [1.807, 2.05) is 0 Å². The molecule has 0 unspecified atom stereocenters. The molecule has 0 aromatic carbocycles. The molecule has 1 saturated heterocycles. The molecule has 4 rings (SSSR count). The van der Waals surface area contributed by atoms with Crippen molar-refractivity contribution < 1.29 is 13.2 Å². The van der Waals surface area contributed by atoms with E-state index in [1.54, 1.807) is 37.3 Å². The van der Waals surface area contributed by atoms with E-state index in [-0.39, 0.29) is 42.7 Å². The highest BCUT2D eigenvalue weighted by atomic mass is 79.9. The van der Waals surface area contributed by atoms with Crippen LogP contribution in [0.2, 0.25) is 0 Å². The largest absolute Gasteiger partial charge is 0.335 e. The number of hydrogen-bond donors (Lipinski definition) is 0. The van der Waals surface area contributed by atoms with Gasteiger partial charge >= 0.3 is 0 Å². The van der Waals surface area contributed by atoms with E-state index < -0.39 is 10.0 Å². The van der Waals surface area contributed by atoms with Crippen LogP contribution in [0.4, 0.5) is 0 Å². The van der Waals surface area contributed by atoms with Gasteiger partial charge in [0.05, 0.1) is 16.4 Å². The summed E-state index contributed by atoms with van der Waals surface area (Å²) in [6.45, 7) is 2.71. The summed E-state index contributed by atoms with van der Waals surface area (Å²) in [4.78, 5) is 18.9. The molecule has 0 atom stereocenters. The Morgan fingerprint density at radius 3 is 2.54 bits per heavy atom. The number of sulfonamides is 1. The average molecular weight is 468 g/mol. The van der Waals surface area contributed by atoms with Gasteiger partial charge in [0.2, 0.25) is 10.0 Å². The van der Waals surface area contributed by atoms with Gasteiger partial charge < -0.3 is 4.90 Å². The third kappa shape index (κ3) is 3.01. The number of halogens is 1. The zero-order valence-corrected chi connectivity index (χ0v) is 17.7. The lowest BCUT2D eigenvalue weighted by atomic mass is 10.3. The maximum Gasteiger partial charge on any atom is 0.275 e. The molecule has 0 aliphatic carbocycles. The minimum Gasteiger partial charge on any atom is -0.335 e. The van der Waals surface area contributed by atoms with Crippen molar-refractivity contribution >= 4 is 37.5 Å². The van der Waals surface area contributed by atoms with Crippen molar-refractivity contribution in [1.29, 1.82) is 0 Å². The fourth-order valence-electron chi connectivity index (χ4n) is 3.15. The highest BCUT2D eigenvalue weighted by Gasteiger charge is 2.33. The summed E-state index contributed by atoms with van der Waals surface area (Å²) in [5.41, 5.74) is 1.40. The highest BCUT2D eigenvalue weighted by Crippen LogP contribution is 2.24. The first-order chi connectivity index (χ1) is 13.3. The average Bonchev–Trinajstić information content (AvgIpc) is 3.22. The van der Waals surface area contributed by atoms with E-state index in [1.165, 1.54) is 19.7 Å². The smallest absolute Gasteiger partial charge is 0.275 e. The lowest BCUT2D eigenvalue weighted by Gasteiger charge is -2.33. The third-order valence-electron chi connectivity index (χ3n) is 4.88. The zero-order chi connectivity index (χ0) is 20.1. The Morgan fingerprint density at radius 1 is 1.21 bits per heavy atom. The molecule has 148 valence electrons. The standard InChI is InChI=1S/C16H18BrN7O3S/c1-11-12(10-19-21(11)2)28(26,27)23-8-6-22(7-9-23)16(25)14-13(17)15-18-4-3-5-24(15)20-14/h3-5,10H,6-9H2,1-2H3. The second kappa shape index (κ2) is 6.94. The number of carbonyl (C=O) groups excluding carboxylic acids is 1. The SMILES string of the molecule is Cc1c(S(=O)(=O)N2CCN(C(=O)c3nn4cccnc4c3Br)CC2)cnn1C. The quantitative estimate of drug-likeness (QED) is 0.560. The van der Waals surface area contributed by atoms with Gasteiger partial charge in [-0.25, -0.2) is 17.9 Å². The molecule has 0 spiro atoms. The third-order valence-corrected chi connectivity index (χ3v) is 7.61. The van der Waals surface area contributed by atoms with Gasteiger partial charge in [-0.2, -0.15) is 14.5 Å². The van der Waals surface area contributed by atoms with Crippen molar-refractivity contribution in [2.75, 3.05) is 26.2 Å². The molecule has 1 aliphatic heterocycles. The molecule has 1 amide bonds. The number of fused-ring (bicyclic) bond motifs is 1. The molecule has 1 fully saturated rings. The van der Waals surface area contributed by atoms with Crippen LogP contribution in [-0.2, 0) is 17.1 Å². The van der Waals surface area contributed by atoms with Gasteiger partial charge in [0.15, 0.2) is 11.3 Å². The first kappa shape index (κ1) is 19.0. The number of piperazine rings is 1. The summed E-state index contributed by atoms with van der Waals surface area (Å²) in [5.74, 6) is -0.257. The number of hydrogen-bond acceptors (Lipinski definition) is 6. The van der Waals surface area contributed by atoms with Crippen LogP contribution in [0, 0.1) is 6.92 Å². The molecule has 3 aromatic heterocycles. The van der Waals surface area contributed by atoms with E-state index in [4.69, 9.17) is 0 Å². The molecule has 28 heavy (non-hydrogen) atoms. The number of aromatic nitrogens is 5. The minimum absolute atomic E-state index is 0.198. The first-order valence-electron chi connectivity index (χ1n) is 8.57. The Balaban J connectivity index is 1.51. The number of amides is 1. The second-order valence-corrected chi connectivity index (χ2v) is 9.16. The van der Waals surface area contributed by atoms with Gasteiger partial charge in [0, 0.05) is 45.6 Å². The Labute approximate surface area is 169 Å². The van der Waals surface area contributed by atoms with E-state index >= 15 is 0 Å². The lowest BCUT2D eigenvalue weighted by Crippen LogP contribution is -2.50. The van der Waals surface area contributed by atoms with E-state index in [0.717, 1.165) is 0 Å². The maximum atomic E-state index is 12.9. The molecule has 1 aliphatic rings. The zero-order valence-electron chi connectivity index (χ0n) is 15.3. The van der Waals surface area contributed by atoms with Crippen molar-refractivity contribution in [2.24, 2.45) is 7.05 Å². The minimum atomic E-state index is -3.64. The fourth-order valence-corrected chi connectivity index (χ4v) is 5.29. The lowest BCUT2D eigenvalue weighted by molar-refractivity contribution is 0.0690. The van der Waals surface area contributed by atoms with Gasteiger partial charge in [-0.1, -0.05) is 0 Å². The normalized spacial score (nSPS) is 16.0. The van der Waals surface area contributed by atoms with Gasteiger partial charge in [-0.05, 0) is 28.9 Å². The maximum absolute atomic E-state index is 12.9. The predicted octanol–water partition coefficient (Wildman–Crippen LogP) is 0.680. The molecule has 0 radical (unpaired) electrons. The van der Waals surface area contributed by atoms with Gasteiger partial charge in [0.25, 0.3) is 5.91 Å². The van der Waals surface area contributed by atoms with Crippen molar-refractivity contribution in [2.45, 2.75) is 11.8 Å². The monoisotopic (exact) mass is 467 g/mol. The molecule has 3 aromatic rings. The van der Waals surface area contributed by atoms with Crippen molar-refractivity contribution in [3.05, 3.63) is 40.5 Å². The number of rotatable bonds is 3. The molecule has 10 nitrogen and oxygen atoms in total. The van der Waals surface area contributed by atoms with Crippen LogP contribution in [0.1, 0.15) is 16.2 Å². The van der Waals surface area contributed by atoms with Crippen molar-refractivity contribution in [1.82, 2.24) is 33.6 Å². The Hall–Kier alpha value is -2.31. The van der Waals surface area contributed by atoms with Gasteiger partial charge in [0.1, 0.15) is 4.90 Å². The fraction of sp³-hybridized carbons (Fsp3) is 0.375. The summed E-state index contributed by atoms with van der Waals surface area (Å²) in [5, 5.41) is 8.31. The summed E-state index contributed by atoms with van der Waals surface area (Å²) in [6.07, 6.45) is 4.70. The van der Waals surface area contributed by atoms with Crippen LogP contribution in [0.5, 0.6) is 0 Å². The van der Waals surface area contributed by atoms with E-state index in [9.17, 15) is 13.2 Å². The first-order valence-corrected chi connectivity index (χ1v) is 10.8. The molecule has 12 heteroatoms. The summed E-state index contributed by atoms with van der Waals surface area (Å²) < 4.78 is 30.7. The second-order valence-electron chi connectivity index (χ2n) is 6.46. The molecule has 4 heterocycles. The number of aryl methyl sites for hydroxylation is 1. The predicted molar refractivity (Wildman–Crippen MR) is 103 cm³/mol. The summed E-state index contributed by atoms with van der Waals surface area (Å²) >= 11 is 3.39. The van der Waals surface area contributed by atoms with Crippen LogP contribution in [0.25, 0.3) is 5.65 Å². The Bertz CT molecular complexity index is 1160. The topological polar surface area (TPSA) is 106 Å². The van der Waals surface area contributed by atoms with Gasteiger partial charge in [-0.15, -0.1) is 0 Å².